The summed E-state index contributed by atoms with van der Waals surface area (Å²) in [4.78, 5) is 21.7. The van der Waals surface area contributed by atoms with Gasteiger partial charge in [0.2, 0.25) is 0 Å². The van der Waals surface area contributed by atoms with Gasteiger partial charge in [0, 0.05) is 11.6 Å². The minimum absolute atomic E-state index is 0.0712. The van der Waals surface area contributed by atoms with Crippen molar-refractivity contribution in [3.8, 4) is 0 Å². The van der Waals surface area contributed by atoms with E-state index in [9.17, 15) is 9.59 Å². The van der Waals surface area contributed by atoms with E-state index in [1.165, 1.54) is 12.1 Å². The van der Waals surface area contributed by atoms with E-state index in [2.05, 4.69) is 10.6 Å². The molecule has 0 saturated heterocycles. The van der Waals surface area contributed by atoms with Gasteiger partial charge in [-0.25, -0.2) is 9.59 Å². The molecular weight excluding hydrogens is 330 g/mol. The molecule has 20 heavy (non-hydrogen) atoms. The number of nitrogens with one attached hydrogen (secondary N) is 2. The molecule has 0 aliphatic rings. The molecule has 0 atom stereocenters. The highest BCUT2D eigenvalue weighted by molar-refractivity contribution is 6.42. The van der Waals surface area contributed by atoms with Gasteiger partial charge in [0.1, 0.15) is 6.61 Å². The first-order valence-corrected chi connectivity index (χ1v) is 6.52. The van der Waals surface area contributed by atoms with E-state index in [0.717, 1.165) is 0 Å². The molecule has 0 saturated carbocycles. The van der Waals surface area contributed by atoms with Crippen LogP contribution < -0.4 is 10.6 Å². The molecule has 0 spiro atoms. The zero-order valence-electron chi connectivity index (χ0n) is 10.1. The predicted molar refractivity (Wildman–Crippen MR) is 76.9 cm³/mol. The first-order valence-electron chi connectivity index (χ1n) is 5.39. The van der Waals surface area contributed by atoms with Gasteiger partial charge in [-0.3, -0.25) is 0 Å². The fraction of sp³-hybridized carbons (Fsp3) is 0.273. The molecular formula is C11H11Cl3N2O4. The highest BCUT2D eigenvalue weighted by Crippen LogP contribution is 2.33. The number of amides is 2. The Morgan fingerprint density at radius 2 is 1.80 bits per heavy atom. The fourth-order valence-electron chi connectivity index (χ4n) is 1.22. The van der Waals surface area contributed by atoms with E-state index in [1.807, 2.05) is 0 Å². The summed E-state index contributed by atoms with van der Waals surface area (Å²) in [7, 11) is 0. The van der Waals surface area contributed by atoms with Crippen LogP contribution >= 0.6 is 34.8 Å². The smallest absolute Gasteiger partial charge is 0.329 e. The van der Waals surface area contributed by atoms with E-state index in [-0.39, 0.29) is 28.9 Å². The maximum atomic E-state index is 11.6. The Morgan fingerprint density at radius 1 is 1.20 bits per heavy atom. The number of hydrogen-bond acceptors (Lipinski definition) is 3. The molecule has 0 aliphatic carbocycles. The van der Waals surface area contributed by atoms with E-state index in [0.29, 0.717) is 5.02 Å². The third-order valence-electron chi connectivity index (χ3n) is 2.00. The number of halogens is 3. The number of anilines is 1. The minimum Gasteiger partial charge on any atom is -0.480 e. The molecule has 0 radical (unpaired) electrons. The van der Waals surface area contributed by atoms with Crippen molar-refractivity contribution in [1.29, 1.82) is 0 Å². The van der Waals surface area contributed by atoms with Crippen LogP contribution in [0.15, 0.2) is 12.1 Å². The number of urea groups is 1. The van der Waals surface area contributed by atoms with Crippen molar-refractivity contribution in [2.24, 2.45) is 0 Å². The van der Waals surface area contributed by atoms with Gasteiger partial charge >= 0.3 is 12.0 Å². The van der Waals surface area contributed by atoms with Gasteiger partial charge in [-0.15, -0.1) is 0 Å². The first kappa shape index (κ1) is 16.8. The van der Waals surface area contributed by atoms with Crippen molar-refractivity contribution < 1.29 is 19.4 Å². The van der Waals surface area contributed by atoms with Crippen molar-refractivity contribution in [1.82, 2.24) is 5.32 Å². The van der Waals surface area contributed by atoms with Crippen LogP contribution in [0, 0.1) is 0 Å². The van der Waals surface area contributed by atoms with Gasteiger partial charge in [-0.1, -0.05) is 34.8 Å². The lowest BCUT2D eigenvalue weighted by atomic mass is 10.3. The molecule has 1 rings (SSSR count). The highest BCUT2D eigenvalue weighted by Gasteiger charge is 2.10. The third kappa shape index (κ3) is 5.83. The number of hydrogen-bond donors (Lipinski definition) is 3. The molecule has 6 nitrogen and oxygen atoms in total. The molecule has 9 heteroatoms. The lowest BCUT2D eigenvalue weighted by molar-refractivity contribution is -0.142. The second-order valence-corrected chi connectivity index (χ2v) is 4.82. The number of carbonyl (C=O) groups excluding carboxylic acids is 1. The third-order valence-corrected chi connectivity index (χ3v) is 2.82. The molecule has 1 aromatic carbocycles. The number of carboxylic acid groups (broad SMARTS) is 1. The van der Waals surface area contributed by atoms with Crippen LogP contribution in [0.3, 0.4) is 0 Å². The zero-order valence-corrected chi connectivity index (χ0v) is 12.3. The van der Waals surface area contributed by atoms with Crippen LogP contribution in [0.25, 0.3) is 0 Å². The molecule has 2 amide bonds. The van der Waals surface area contributed by atoms with Gasteiger partial charge in [-0.05, 0) is 12.1 Å². The molecule has 1 aromatic rings. The Balaban J connectivity index is 2.41. The number of ether oxygens (including phenoxy) is 1. The predicted octanol–water partition coefficient (Wildman–Crippen LogP) is 2.87. The quantitative estimate of drug-likeness (QED) is 0.694. The van der Waals surface area contributed by atoms with Gasteiger partial charge in [0.15, 0.2) is 0 Å². The average molecular weight is 342 g/mol. The summed E-state index contributed by atoms with van der Waals surface area (Å²) in [5.41, 5.74) is 0.238. The van der Waals surface area contributed by atoms with Crippen LogP contribution in [-0.2, 0) is 9.53 Å². The standard InChI is InChI=1S/C11H11Cl3N2O4/c12-6-3-7(13)10(8(14)4-6)16-11(19)15-1-2-20-5-9(17)18/h3-4H,1-2,5H2,(H,17,18)(H2,15,16,19). The van der Waals surface area contributed by atoms with Gasteiger partial charge in [0.05, 0.1) is 22.3 Å². The number of rotatable bonds is 6. The highest BCUT2D eigenvalue weighted by atomic mass is 35.5. The molecule has 3 N–H and O–H groups in total. The number of aliphatic carboxylic acids is 1. The van der Waals surface area contributed by atoms with Gasteiger partial charge < -0.3 is 20.5 Å². The van der Waals surface area contributed by atoms with Crippen molar-refractivity contribution in [3.63, 3.8) is 0 Å². The Bertz CT molecular complexity index is 487. The minimum atomic E-state index is -1.07. The maximum Gasteiger partial charge on any atom is 0.329 e. The summed E-state index contributed by atoms with van der Waals surface area (Å²) in [6.45, 7) is -0.206. The number of benzene rings is 1. The lowest BCUT2D eigenvalue weighted by Crippen LogP contribution is -2.32. The molecule has 0 aliphatic heterocycles. The molecule has 0 heterocycles. The topological polar surface area (TPSA) is 87.7 Å². The first-order chi connectivity index (χ1) is 9.40. The number of carboxylic acids is 1. The van der Waals surface area contributed by atoms with Crippen molar-refractivity contribution in [2.75, 3.05) is 25.1 Å². The second-order valence-electron chi connectivity index (χ2n) is 3.57. The Kier molecular flexibility index (Phi) is 6.87. The average Bonchev–Trinajstić information content (AvgIpc) is 2.33. The van der Waals surface area contributed by atoms with Crippen LogP contribution in [0.2, 0.25) is 15.1 Å². The Labute approximate surface area is 129 Å². The Hall–Kier alpha value is -1.21. The Morgan fingerprint density at radius 3 is 2.35 bits per heavy atom. The van der Waals surface area contributed by atoms with Crippen molar-refractivity contribution >= 4 is 52.5 Å². The molecule has 0 fully saturated rings. The van der Waals surface area contributed by atoms with Crippen LogP contribution in [0.5, 0.6) is 0 Å². The number of carbonyl (C=O) groups is 2. The summed E-state index contributed by atoms with van der Waals surface area (Å²) in [5.74, 6) is -1.07. The van der Waals surface area contributed by atoms with E-state index >= 15 is 0 Å². The van der Waals surface area contributed by atoms with E-state index in [4.69, 9.17) is 44.6 Å². The zero-order chi connectivity index (χ0) is 15.1. The largest absolute Gasteiger partial charge is 0.480 e. The lowest BCUT2D eigenvalue weighted by Gasteiger charge is -2.11. The SMILES string of the molecule is O=C(O)COCCNC(=O)Nc1c(Cl)cc(Cl)cc1Cl. The van der Waals surface area contributed by atoms with Gasteiger partial charge in [-0.2, -0.15) is 0 Å². The van der Waals surface area contributed by atoms with Gasteiger partial charge in [0.25, 0.3) is 0 Å². The normalized spacial score (nSPS) is 10.2. The molecule has 0 aromatic heterocycles. The summed E-state index contributed by atoms with van der Waals surface area (Å²) in [6.07, 6.45) is 0. The van der Waals surface area contributed by atoms with Crippen LogP contribution in [0.4, 0.5) is 10.5 Å². The van der Waals surface area contributed by atoms with Crippen LogP contribution in [0.1, 0.15) is 0 Å². The maximum absolute atomic E-state index is 11.6. The van der Waals surface area contributed by atoms with Crippen molar-refractivity contribution in [2.45, 2.75) is 0 Å². The summed E-state index contributed by atoms with van der Waals surface area (Å²) >= 11 is 17.5. The summed E-state index contributed by atoms with van der Waals surface area (Å²) in [5, 5.41) is 14.0. The fourth-order valence-corrected chi connectivity index (χ4v) is 2.13. The second kappa shape index (κ2) is 8.16. The molecule has 110 valence electrons. The monoisotopic (exact) mass is 340 g/mol. The summed E-state index contributed by atoms with van der Waals surface area (Å²) in [6, 6.07) is 2.34. The molecule has 0 bridgehead atoms. The van der Waals surface area contributed by atoms with E-state index < -0.39 is 18.6 Å². The van der Waals surface area contributed by atoms with E-state index in [1.54, 1.807) is 0 Å². The molecule has 0 unspecified atom stereocenters. The summed E-state index contributed by atoms with van der Waals surface area (Å²) < 4.78 is 4.75. The van der Waals surface area contributed by atoms with Crippen molar-refractivity contribution in [3.05, 3.63) is 27.2 Å². The van der Waals surface area contributed by atoms with Crippen LogP contribution in [-0.4, -0.2) is 36.9 Å².